The highest BCUT2D eigenvalue weighted by Crippen LogP contribution is 2.35. The maximum Gasteiger partial charge on any atom is 0.416 e. The van der Waals surface area contributed by atoms with E-state index >= 15 is 0 Å². The summed E-state index contributed by atoms with van der Waals surface area (Å²) in [6, 6.07) is 12.8. The first-order valence-corrected chi connectivity index (χ1v) is 11.3. The fraction of sp³-hybridized carbons (Fsp3) is 0.250. The summed E-state index contributed by atoms with van der Waals surface area (Å²) < 4.78 is 38.2. The molecule has 0 bridgehead atoms. The van der Waals surface area contributed by atoms with Gasteiger partial charge in [-0.1, -0.05) is 35.6 Å². The molecule has 0 fully saturated rings. The molecule has 4 aromatic rings. The number of nitrogens with zero attached hydrogens (tertiary/aromatic N) is 2. The zero-order chi connectivity index (χ0) is 23.4. The maximum absolute atomic E-state index is 12.7. The summed E-state index contributed by atoms with van der Waals surface area (Å²) in [6.07, 6.45) is 0.0773. The molecule has 0 spiro atoms. The van der Waals surface area contributed by atoms with Gasteiger partial charge in [-0.3, -0.25) is 4.98 Å². The molecule has 0 saturated heterocycles. The number of nitrogens with two attached hydrogens (primary N) is 1. The normalized spacial score (nSPS) is 12.8. The molecule has 0 aliphatic carbocycles. The number of aliphatic hydroxyl groups excluding tert-OH is 1. The third-order valence-corrected chi connectivity index (χ3v) is 6.35. The van der Waals surface area contributed by atoms with Crippen molar-refractivity contribution in [2.45, 2.75) is 25.1 Å². The molecule has 33 heavy (non-hydrogen) atoms. The Morgan fingerprint density at radius 3 is 2.58 bits per heavy atom. The van der Waals surface area contributed by atoms with Crippen LogP contribution < -0.4 is 11.1 Å². The number of aliphatic hydroxyl groups is 1. The quantitative estimate of drug-likeness (QED) is 0.340. The van der Waals surface area contributed by atoms with E-state index < -0.39 is 11.7 Å². The van der Waals surface area contributed by atoms with Crippen LogP contribution in [0, 0.1) is 0 Å². The minimum Gasteiger partial charge on any atom is -0.396 e. The summed E-state index contributed by atoms with van der Waals surface area (Å²) in [5, 5.41) is 15.5. The number of hydrogen-bond donors (Lipinski definition) is 3. The number of alkyl halides is 3. The number of hydrogen-bond acceptors (Lipinski definition) is 6. The lowest BCUT2D eigenvalue weighted by Gasteiger charge is -2.13. The topological polar surface area (TPSA) is 84.1 Å². The first kappa shape index (κ1) is 23.2. The standard InChI is InChI=1S/C24H23F3N4OS/c25-24(26,27)19-5-1-15(2-6-19)11-20(28)14-30-23-31-21(8-10-32)22(33-23)17-3-4-18-13-29-9-7-16(18)12-17/h1-7,9,12-13,20,32H,8,10-11,14,28H2,(H,30,31). The summed E-state index contributed by atoms with van der Waals surface area (Å²) in [5.74, 6) is 0. The summed E-state index contributed by atoms with van der Waals surface area (Å²) >= 11 is 1.48. The van der Waals surface area contributed by atoms with Gasteiger partial charge in [-0.05, 0) is 47.2 Å². The van der Waals surface area contributed by atoms with Crippen molar-refractivity contribution in [2.75, 3.05) is 18.5 Å². The summed E-state index contributed by atoms with van der Waals surface area (Å²) in [7, 11) is 0. The van der Waals surface area contributed by atoms with Gasteiger partial charge in [0.1, 0.15) is 0 Å². The predicted molar refractivity (Wildman–Crippen MR) is 125 cm³/mol. The van der Waals surface area contributed by atoms with E-state index in [0.717, 1.165) is 44.6 Å². The molecule has 0 radical (unpaired) electrons. The Morgan fingerprint density at radius 2 is 1.85 bits per heavy atom. The van der Waals surface area contributed by atoms with Crippen LogP contribution >= 0.6 is 11.3 Å². The first-order valence-electron chi connectivity index (χ1n) is 10.4. The van der Waals surface area contributed by atoms with Gasteiger partial charge in [0.15, 0.2) is 5.13 Å². The molecule has 9 heteroatoms. The van der Waals surface area contributed by atoms with Crippen LogP contribution in [0.4, 0.5) is 18.3 Å². The monoisotopic (exact) mass is 472 g/mol. The van der Waals surface area contributed by atoms with E-state index in [0.29, 0.717) is 24.5 Å². The van der Waals surface area contributed by atoms with Crippen molar-refractivity contribution in [3.8, 4) is 10.4 Å². The van der Waals surface area contributed by atoms with Crippen LogP contribution in [0.1, 0.15) is 16.8 Å². The van der Waals surface area contributed by atoms with Crippen LogP contribution in [0.5, 0.6) is 0 Å². The Morgan fingerprint density at radius 1 is 1.06 bits per heavy atom. The molecule has 4 N–H and O–H groups in total. The van der Waals surface area contributed by atoms with Crippen molar-refractivity contribution in [3.05, 3.63) is 77.7 Å². The zero-order valence-corrected chi connectivity index (χ0v) is 18.5. The predicted octanol–water partition coefficient (Wildman–Crippen LogP) is 4.89. The van der Waals surface area contributed by atoms with Gasteiger partial charge in [0.25, 0.3) is 0 Å². The van der Waals surface area contributed by atoms with Crippen molar-refractivity contribution in [1.29, 1.82) is 0 Å². The minimum atomic E-state index is -4.35. The molecule has 0 aliphatic heterocycles. The molecule has 1 unspecified atom stereocenters. The SMILES string of the molecule is NC(CNc1nc(CCO)c(-c2ccc3cnccc3c2)s1)Cc1ccc(C(F)(F)F)cc1. The molecule has 2 heterocycles. The van der Waals surface area contributed by atoms with E-state index in [9.17, 15) is 18.3 Å². The van der Waals surface area contributed by atoms with Crippen LogP contribution in [0.2, 0.25) is 0 Å². The van der Waals surface area contributed by atoms with Crippen LogP contribution in [-0.4, -0.2) is 34.3 Å². The van der Waals surface area contributed by atoms with Crippen molar-refractivity contribution < 1.29 is 18.3 Å². The molecule has 0 saturated carbocycles. The summed E-state index contributed by atoms with van der Waals surface area (Å²) in [5.41, 5.74) is 8.08. The zero-order valence-electron chi connectivity index (χ0n) is 17.6. The van der Waals surface area contributed by atoms with Crippen molar-refractivity contribution in [3.63, 3.8) is 0 Å². The number of thiazole rings is 1. The highest BCUT2D eigenvalue weighted by Gasteiger charge is 2.29. The first-order chi connectivity index (χ1) is 15.8. The van der Waals surface area contributed by atoms with Gasteiger partial charge in [0, 0.05) is 43.4 Å². The highest BCUT2D eigenvalue weighted by atomic mass is 32.1. The maximum atomic E-state index is 12.7. The Labute approximate surface area is 193 Å². The molecule has 4 rings (SSSR count). The second-order valence-corrected chi connectivity index (χ2v) is 8.74. The Balaban J connectivity index is 1.44. The van der Waals surface area contributed by atoms with Gasteiger partial charge in [-0.2, -0.15) is 13.2 Å². The largest absolute Gasteiger partial charge is 0.416 e. The highest BCUT2D eigenvalue weighted by molar-refractivity contribution is 7.19. The number of anilines is 1. The fourth-order valence-corrected chi connectivity index (χ4v) is 4.59. The van der Waals surface area contributed by atoms with Gasteiger partial charge in [-0.15, -0.1) is 0 Å². The molecule has 172 valence electrons. The Kier molecular flexibility index (Phi) is 6.92. The fourth-order valence-electron chi connectivity index (χ4n) is 3.58. The number of halogens is 3. The molecule has 0 aliphatic rings. The third kappa shape index (κ3) is 5.68. The lowest BCUT2D eigenvalue weighted by molar-refractivity contribution is -0.137. The van der Waals surface area contributed by atoms with E-state index in [-0.39, 0.29) is 12.6 Å². The molecular weight excluding hydrogens is 449 g/mol. The number of nitrogens with one attached hydrogen (secondary N) is 1. The molecular formula is C24H23F3N4OS. The van der Waals surface area contributed by atoms with Gasteiger partial charge in [0.2, 0.25) is 0 Å². The Hall–Kier alpha value is -3.01. The van der Waals surface area contributed by atoms with E-state index in [1.165, 1.54) is 23.5 Å². The van der Waals surface area contributed by atoms with Crippen LogP contribution in [0.25, 0.3) is 21.2 Å². The third-order valence-electron chi connectivity index (χ3n) is 5.24. The number of aromatic nitrogens is 2. The van der Waals surface area contributed by atoms with Gasteiger partial charge >= 0.3 is 6.18 Å². The van der Waals surface area contributed by atoms with E-state index in [4.69, 9.17) is 5.73 Å². The second-order valence-electron chi connectivity index (χ2n) is 7.75. The van der Waals surface area contributed by atoms with E-state index in [1.54, 1.807) is 6.20 Å². The van der Waals surface area contributed by atoms with Crippen LogP contribution in [0.15, 0.2) is 60.9 Å². The lowest BCUT2D eigenvalue weighted by atomic mass is 10.0. The average Bonchev–Trinajstić information content (AvgIpc) is 3.20. The van der Waals surface area contributed by atoms with Gasteiger partial charge in [0.05, 0.1) is 16.1 Å². The summed E-state index contributed by atoms with van der Waals surface area (Å²) in [6.45, 7) is 0.400. The molecule has 1 atom stereocenters. The number of fused-ring (bicyclic) bond motifs is 1. The van der Waals surface area contributed by atoms with Crippen LogP contribution in [-0.2, 0) is 19.0 Å². The molecule has 5 nitrogen and oxygen atoms in total. The average molecular weight is 473 g/mol. The van der Waals surface area contributed by atoms with Crippen molar-refractivity contribution >= 4 is 27.2 Å². The Bertz CT molecular complexity index is 1220. The van der Waals surface area contributed by atoms with Crippen molar-refractivity contribution in [1.82, 2.24) is 9.97 Å². The van der Waals surface area contributed by atoms with Gasteiger partial charge < -0.3 is 16.2 Å². The van der Waals surface area contributed by atoms with E-state index in [1.807, 2.05) is 24.4 Å². The minimum absolute atomic E-state index is 0.0128. The summed E-state index contributed by atoms with van der Waals surface area (Å²) in [4.78, 5) is 9.74. The lowest BCUT2D eigenvalue weighted by Crippen LogP contribution is -2.31. The second kappa shape index (κ2) is 9.86. The number of benzene rings is 2. The van der Waals surface area contributed by atoms with E-state index in [2.05, 4.69) is 21.4 Å². The number of pyridine rings is 1. The molecule has 0 amide bonds. The van der Waals surface area contributed by atoms with Crippen molar-refractivity contribution in [2.24, 2.45) is 5.73 Å². The number of rotatable bonds is 8. The molecule has 2 aromatic heterocycles. The smallest absolute Gasteiger partial charge is 0.396 e. The van der Waals surface area contributed by atoms with Gasteiger partial charge in [-0.25, -0.2) is 4.98 Å². The molecule has 2 aromatic carbocycles. The van der Waals surface area contributed by atoms with Crippen LogP contribution in [0.3, 0.4) is 0 Å².